The summed E-state index contributed by atoms with van der Waals surface area (Å²) >= 11 is 7.09. The van der Waals surface area contributed by atoms with Gasteiger partial charge in [0, 0.05) is 10.6 Å². The number of pyridine rings is 1. The van der Waals surface area contributed by atoms with Gasteiger partial charge in [0.15, 0.2) is 5.82 Å². The van der Waals surface area contributed by atoms with Crippen molar-refractivity contribution in [1.29, 1.82) is 5.26 Å². The smallest absolute Gasteiger partial charge is 0.344 e. The van der Waals surface area contributed by atoms with E-state index < -0.39 is 11.5 Å². The van der Waals surface area contributed by atoms with Crippen molar-refractivity contribution < 1.29 is 9.53 Å². The minimum absolute atomic E-state index is 0.0918. The molecule has 2 heterocycles. The maximum absolute atomic E-state index is 12.7. The van der Waals surface area contributed by atoms with Crippen LogP contribution in [-0.4, -0.2) is 38.2 Å². The third-order valence-electron chi connectivity index (χ3n) is 3.64. The normalized spacial score (nSPS) is 10.5. The maximum Gasteiger partial charge on any atom is 0.344 e. The maximum atomic E-state index is 12.7. The van der Waals surface area contributed by atoms with Crippen LogP contribution in [0, 0.1) is 11.3 Å². The van der Waals surface area contributed by atoms with Crippen LogP contribution in [0.15, 0.2) is 34.1 Å². The molecule has 9 nitrogen and oxygen atoms in total. The summed E-state index contributed by atoms with van der Waals surface area (Å²) < 4.78 is 5.02. The molecule has 28 heavy (non-hydrogen) atoms. The average Bonchev–Trinajstić information content (AvgIpc) is 3.20. The molecular weight excluding hydrogens is 404 g/mol. The zero-order valence-electron chi connectivity index (χ0n) is 14.5. The Morgan fingerprint density at radius 1 is 1.36 bits per heavy atom. The zero-order chi connectivity index (χ0) is 20.1. The average molecular weight is 417 g/mol. The van der Waals surface area contributed by atoms with Gasteiger partial charge in [-0.05, 0) is 24.6 Å². The number of ether oxygens (including phenoxy) is 1. The first-order valence-corrected chi connectivity index (χ1v) is 9.40. The van der Waals surface area contributed by atoms with Crippen LogP contribution in [-0.2, 0) is 10.5 Å². The number of tetrazole rings is 1. The Morgan fingerprint density at radius 2 is 2.11 bits per heavy atom. The number of rotatable bonds is 6. The lowest BCUT2D eigenvalue weighted by Gasteiger charge is -2.13. The summed E-state index contributed by atoms with van der Waals surface area (Å²) in [5.41, 5.74) is -0.0605. The second-order valence-corrected chi connectivity index (χ2v) is 6.79. The minimum atomic E-state index is -0.806. The van der Waals surface area contributed by atoms with Gasteiger partial charge in [-0.1, -0.05) is 40.7 Å². The van der Waals surface area contributed by atoms with E-state index in [1.54, 1.807) is 31.2 Å². The number of carbonyl (C=O) groups excluding carboxylic acids is 1. The molecule has 11 heteroatoms. The van der Waals surface area contributed by atoms with Crippen LogP contribution in [0.1, 0.15) is 28.7 Å². The van der Waals surface area contributed by atoms with Gasteiger partial charge in [0.05, 0.1) is 22.9 Å². The Morgan fingerprint density at radius 3 is 2.71 bits per heavy atom. The number of nitrogens with one attached hydrogen (secondary N) is 2. The summed E-state index contributed by atoms with van der Waals surface area (Å²) in [5.74, 6) is -0.142. The number of nitriles is 1. The Kier molecular flexibility index (Phi) is 6.08. The van der Waals surface area contributed by atoms with Crippen LogP contribution in [0.2, 0.25) is 5.02 Å². The molecule has 0 atom stereocenters. The molecular formula is C17H13ClN6O3S. The number of nitrogens with zero attached hydrogens (tertiary/aromatic N) is 4. The van der Waals surface area contributed by atoms with Crippen molar-refractivity contribution >= 4 is 29.3 Å². The highest BCUT2D eigenvalue weighted by Gasteiger charge is 2.25. The van der Waals surface area contributed by atoms with Gasteiger partial charge >= 0.3 is 5.97 Å². The molecule has 142 valence electrons. The van der Waals surface area contributed by atoms with E-state index >= 15 is 0 Å². The molecule has 0 bridgehead atoms. The topological polar surface area (TPSA) is 137 Å². The predicted molar refractivity (Wildman–Crippen MR) is 102 cm³/mol. The number of aromatic amines is 2. The molecule has 0 fully saturated rings. The van der Waals surface area contributed by atoms with Crippen LogP contribution >= 0.6 is 23.4 Å². The van der Waals surface area contributed by atoms with Gasteiger partial charge in [-0.15, -0.1) is 10.2 Å². The van der Waals surface area contributed by atoms with Gasteiger partial charge in [0.2, 0.25) is 0 Å². The predicted octanol–water partition coefficient (Wildman–Crippen LogP) is 2.55. The molecule has 0 aliphatic heterocycles. The van der Waals surface area contributed by atoms with Crippen LogP contribution in [0.5, 0.6) is 0 Å². The molecule has 2 N–H and O–H groups in total. The van der Waals surface area contributed by atoms with Gasteiger partial charge in [-0.2, -0.15) is 10.5 Å². The number of esters is 1. The number of halogens is 1. The summed E-state index contributed by atoms with van der Waals surface area (Å²) in [4.78, 5) is 27.7. The van der Waals surface area contributed by atoms with Crippen LogP contribution in [0.3, 0.4) is 0 Å². The highest BCUT2D eigenvalue weighted by atomic mass is 35.5. The molecule has 0 unspecified atom stereocenters. The SMILES string of the molecule is CCOC(=O)c1c(-c2ccc(Cl)cc2)c(C#N)c(SCc2nn[nH]n2)[nH]c1=O. The van der Waals surface area contributed by atoms with Crippen molar-refractivity contribution in [2.75, 3.05) is 6.61 Å². The lowest BCUT2D eigenvalue weighted by atomic mass is 9.97. The van der Waals surface area contributed by atoms with E-state index in [1.807, 2.05) is 0 Å². The number of H-pyrrole nitrogens is 2. The number of thioether (sulfide) groups is 1. The number of hydrogen-bond acceptors (Lipinski definition) is 8. The Balaban J connectivity index is 2.18. The van der Waals surface area contributed by atoms with Crippen molar-refractivity contribution in [1.82, 2.24) is 25.6 Å². The Hall–Kier alpha value is -3.16. The number of benzene rings is 1. The Bertz CT molecular complexity index is 1090. The fraction of sp³-hybridized carbons (Fsp3) is 0.176. The minimum Gasteiger partial charge on any atom is -0.462 e. The van der Waals surface area contributed by atoms with Gasteiger partial charge in [-0.25, -0.2) is 4.79 Å². The third kappa shape index (κ3) is 4.05. The van der Waals surface area contributed by atoms with E-state index in [2.05, 4.69) is 31.7 Å². The van der Waals surface area contributed by atoms with E-state index in [4.69, 9.17) is 16.3 Å². The molecule has 3 rings (SSSR count). The van der Waals surface area contributed by atoms with Crippen molar-refractivity contribution in [2.24, 2.45) is 0 Å². The number of carbonyl (C=O) groups is 1. The molecule has 2 aromatic heterocycles. The van der Waals surface area contributed by atoms with Crippen molar-refractivity contribution in [3.05, 3.63) is 56.6 Å². The Labute approximate surface area is 168 Å². The second kappa shape index (κ2) is 8.69. The fourth-order valence-electron chi connectivity index (χ4n) is 2.48. The summed E-state index contributed by atoms with van der Waals surface area (Å²) in [6.07, 6.45) is 0. The number of aromatic nitrogens is 5. The summed E-state index contributed by atoms with van der Waals surface area (Å²) in [5, 5.41) is 24.0. The molecule has 3 aromatic rings. The number of hydrogen-bond donors (Lipinski definition) is 2. The third-order valence-corrected chi connectivity index (χ3v) is 4.89. The standard InChI is InChI=1S/C17H13ClN6O3S/c1-2-27-17(26)14-13(9-3-5-10(18)6-4-9)11(7-19)16(20-15(14)25)28-8-12-21-23-24-22-12/h3-6H,2,8H2,1H3,(H,20,25)(H,21,22,23,24). The molecule has 0 spiro atoms. The van der Waals surface area contributed by atoms with Crippen molar-refractivity contribution in [2.45, 2.75) is 17.7 Å². The molecule has 0 aliphatic carbocycles. The largest absolute Gasteiger partial charge is 0.462 e. The molecule has 0 saturated heterocycles. The molecule has 0 radical (unpaired) electrons. The fourth-order valence-corrected chi connectivity index (χ4v) is 3.46. The lowest BCUT2D eigenvalue weighted by Crippen LogP contribution is -2.23. The van der Waals surface area contributed by atoms with E-state index in [0.717, 1.165) is 11.8 Å². The molecule has 0 saturated carbocycles. The van der Waals surface area contributed by atoms with E-state index in [1.165, 1.54) is 0 Å². The first kappa shape index (κ1) is 19.6. The van der Waals surface area contributed by atoms with Crippen LogP contribution in [0.25, 0.3) is 11.1 Å². The summed E-state index contributed by atoms with van der Waals surface area (Å²) in [6.45, 7) is 1.73. The van der Waals surface area contributed by atoms with Crippen LogP contribution < -0.4 is 5.56 Å². The first-order chi connectivity index (χ1) is 13.5. The first-order valence-electron chi connectivity index (χ1n) is 8.03. The van der Waals surface area contributed by atoms with E-state index in [9.17, 15) is 14.9 Å². The van der Waals surface area contributed by atoms with E-state index in [0.29, 0.717) is 16.4 Å². The van der Waals surface area contributed by atoms with Gasteiger partial charge < -0.3 is 9.72 Å². The highest BCUT2D eigenvalue weighted by molar-refractivity contribution is 7.98. The quantitative estimate of drug-likeness (QED) is 0.461. The summed E-state index contributed by atoms with van der Waals surface area (Å²) in [7, 11) is 0. The zero-order valence-corrected chi connectivity index (χ0v) is 16.1. The molecule has 0 aliphatic rings. The van der Waals surface area contributed by atoms with E-state index in [-0.39, 0.29) is 34.1 Å². The van der Waals surface area contributed by atoms with Crippen molar-refractivity contribution in [3.8, 4) is 17.2 Å². The molecule has 0 amide bonds. The van der Waals surface area contributed by atoms with Gasteiger partial charge in [-0.3, -0.25) is 4.79 Å². The van der Waals surface area contributed by atoms with Gasteiger partial charge in [0.25, 0.3) is 5.56 Å². The highest BCUT2D eigenvalue weighted by Crippen LogP contribution is 2.33. The summed E-state index contributed by atoms with van der Waals surface area (Å²) in [6, 6.07) is 8.57. The van der Waals surface area contributed by atoms with Gasteiger partial charge in [0.1, 0.15) is 11.6 Å². The molecule has 1 aromatic carbocycles. The monoisotopic (exact) mass is 416 g/mol. The second-order valence-electron chi connectivity index (χ2n) is 5.36. The van der Waals surface area contributed by atoms with Crippen molar-refractivity contribution in [3.63, 3.8) is 0 Å². The van der Waals surface area contributed by atoms with Crippen LogP contribution in [0.4, 0.5) is 0 Å². The lowest BCUT2D eigenvalue weighted by molar-refractivity contribution is 0.0525.